The molecular weight excluding hydrogens is 376 g/mol. The number of amides is 1. The van der Waals surface area contributed by atoms with E-state index in [2.05, 4.69) is 34.9 Å². The zero-order valence-corrected chi connectivity index (χ0v) is 17.8. The first-order valence-electron chi connectivity index (χ1n) is 10.4. The van der Waals surface area contributed by atoms with Crippen molar-refractivity contribution in [3.63, 3.8) is 0 Å². The van der Waals surface area contributed by atoms with Crippen molar-refractivity contribution in [1.82, 2.24) is 10.3 Å². The van der Waals surface area contributed by atoms with Crippen molar-refractivity contribution in [2.24, 2.45) is 5.92 Å². The highest BCUT2D eigenvalue weighted by Crippen LogP contribution is 2.39. The van der Waals surface area contributed by atoms with Gasteiger partial charge in [0.05, 0.1) is 24.2 Å². The highest BCUT2D eigenvalue weighted by Gasteiger charge is 2.34. The Bertz CT molecular complexity index is 1110. The predicted octanol–water partition coefficient (Wildman–Crippen LogP) is 4.07. The third-order valence-corrected chi connectivity index (χ3v) is 5.57. The van der Waals surface area contributed by atoms with Crippen LogP contribution in [-0.4, -0.2) is 22.0 Å². The van der Waals surface area contributed by atoms with Crippen molar-refractivity contribution >= 4 is 17.4 Å². The van der Waals surface area contributed by atoms with Crippen LogP contribution in [0.5, 0.6) is 0 Å². The van der Waals surface area contributed by atoms with Crippen LogP contribution in [0.4, 0.5) is 5.69 Å². The van der Waals surface area contributed by atoms with Crippen LogP contribution in [0.3, 0.4) is 0 Å². The van der Waals surface area contributed by atoms with E-state index in [0.29, 0.717) is 6.54 Å². The van der Waals surface area contributed by atoms with Gasteiger partial charge in [-0.3, -0.25) is 9.59 Å². The Labute approximate surface area is 176 Å². The number of ketones is 1. The molecule has 1 aromatic heterocycles. The summed E-state index contributed by atoms with van der Waals surface area (Å²) in [7, 11) is 0. The maximum Gasteiger partial charge on any atom is 0.258 e. The molecule has 1 aliphatic heterocycles. The van der Waals surface area contributed by atoms with Crippen molar-refractivity contribution in [2.75, 3.05) is 4.90 Å². The first kappa shape index (κ1) is 20.0. The van der Waals surface area contributed by atoms with Crippen molar-refractivity contribution in [3.05, 3.63) is 54.1 Å². The van der Waals surface area contributed by atoms with Gasteiger partial charge < -0.3 is 4.90 Å². The van der Waals surface area contributed by atoms with E-state index >= 15 is 0 Å². The Balaban J connectivity index is 1.94. The summed E-state index contributed by atoms with van der Waals surface area (Å²) in [6, 6.07) is 16.1. The number of hydrogen-bond donors (Lipinski definition) is 1. The minimum absolute atomic E-state index is 0.0501. The van der Waals surface area contributed by atoms with Gasteiger partial charge in [0.1, 0.15) is 11.8 Å². The summed E-state index contributed by atoms with van der Waals surface area (Å²) in [5.74, 6) is -0.410. The fourth-order valence-corrected chi connectivity index (χ4v) is 3.86. The summed E-state index contributed by atoms with van der Waals surface area (Å²) in [5.41, 5.74) is 5.53. The average molecular weight is 404 g/mol. The standard InChI is InChI=1S/C24H26N4O2/c1-15(2)21(29)13-22(30)27-14-17-9-5-6-10-18(17)24-23(25-26-28(24)16(3)4)19-11-7-8-12-20(19)27/h5-12,15-16H,13-14H2,1-4H3/p+1. The van der Waals surface area contributed by atoms with Gasteiger partial charge in [-0.1, -0.05) is 55.5 Å². The molecule has 0 radical (unpaired) electrons. The monoisotopic (exact) mass is 403 g/mol. The van der Waals surface area contributed by atoms with Gasteiger partial charge in [-0.25, -0.2) is 0 Å². The number of benzene rings is 2. The molecule has 0 aliphatic carbocycles. The second kappa shape index (κ2) is 7.86. The Kier molecular flexibility index (Phi) is 5.24. The molecule has 1 N–H and O–H groups in total. The molecule has 6 nitrogen and oxygen atoms in total. The number of carbonyl (C=O) groups excluding carboxylic acids is 2. The molecule has 30 heavy (non-hydrogen) atoms. The molecule has 2 aromatic carbocycles. The maximum absolute atomic E-state index is 13.2. The Morgan fingerprint density at radius 1 is 1.03 bits per heavy atom. The number of rotatable bonds is 4. The zero-order valence-electron chi connectivity index (χ0n) is 17.8. The first-order valence-corrected chi connectivity index (χ1v) is 10.4. The number of hydrogen-bond acceptors (Lipinski definition) is 3. The molecule has 2 heterocycles. The normalized spacial score (nSPS) is 12.8. The quantitative estimate of drug-likeness (QED) is 0.527. The fourth-order valence-electron chi connectivity index (χ4n) is 3.86. The van der Waals surface area contributed by atoms with E-state index in [-0.39, 0.29) is 30.1 Å². The van der Waals surface area contributed by atoms with Crippen molar-refractivity contribution in [1.29, 1.82) is 0 Å². The number of anilines is 1. The first-order chi connectivity index (χ1) is 14.4. The van der Waals surface area contributed by atoms with Crippen LogP contribution < -0.4 is 9.58 Å². The lowest BCUT2D eigenvalue weighted by molar-refractivity contribution is -0.761. The van der Waals surface area contributed by atoms with E-state index in [9.17, 15) is 9.59 Å². The van der Waals surface area contributed by atoms with Crippen LogP contribution >= 0.6 is 0 Å². The van der Waals surface area contributed by atoms with E-state index in [1.807, 2.05) is 56.3 Å². The smallest absolute Gasteiger partial charge is 0.258 e. The Morgan fingerprint density at radius 2 is 1.70 bits per heavy atom. The second-order valence-corrected chi connectivity index (χ2v) is 8.32. The number of Topliss-reactive ketones (excluding diaryl/α,β-unsaturated/α-hetero) is 1. The summed E-state index contributed by atoms with van der Waals surface area (Å²) >= 11 is 0. The Hall–Kier alpha value is -3.28. The minimum Gasteiger partial charge on any atom is -0.307 e. The second-order valence-electron chi connectivity index (χ2n) is 8.32. The van der Waals surface area contributed by atoms with Gasteiger partial charge in [0.15, 0.2) is 0 Å². The van der Waals surface area contributed by atoms with E-state index in [0.717, 1.165) is 33.8 Å². The summed E-state index contributed by atoms with van der Waals surface area (Å²) in [6.45, 7) is 8.28. The van der Waals surface area contributed by atoms with Crippen LogP contribution in [0.2, 0.25) is 0 Å². The zero-order chi connectivity index (χ0) is 21.4. The summed E-state index contributed by atoms with van der Waals surface area (Å²) in [4.78, 5) is 27.3. The van der Waals surface area contributed by atoms with Gasteiger partial charge in [0.2, 0.25) is 11.6 Å². The molecule has 6 heteroatoms. The van der Waals surface area contributed by atoms with E-state index < -0.39 is 0 Å². The molecule has 3 aromatic rings. The van der Waals surface area contributed by atoms with Gasteiger partial charge in [0.25, 0.3) is 5.69 Å². The molecule has 0 saturated carbocycles. The van der Waals surface area contributed by atoms with Crippen LogP contribution in [0.25, 0.3) is 22.5 Å². The predicted molar refractivity (Wildman–Crippen MR) is 116 cm³/mol. The van der Waals surface area contributed by atoms with Gasteiger partial charge in [-0.2, -0.15) is 4.68 Å². The van der Waals surface area contributed by atoms with Crippen molar-refractivity contribution in [2.45, 2.75) is 46.7 Å². The fraction of sp³-hybridized carbons (Fsp3) is 0.333. The number of nitrogens with zero attached hydrogens (tertiary/aromatic N) is 3. The Morgan fingerprint density at radius 3 is 2.40 bits per heavy atom. The number of para-hydroxylation sites is 1. The van der Waals surface area contributed by atoms with E-state index in [1.54, 1.807) is 4.90 Å². The van der Waals surface area contributed by atoms with Crippen LogP contribution in [-0.2, 0) is 16.1 Å². The van der Waals surface area contributed by atoms with E-state index in [1.165, 1.54) is 0 Å². The molecule has 0 unspecified atom stereocenters. The number of carbonyl (C=O) groups is 2. The summed E-state index contributed by atoms with van der Waals surface area (Å²) < 4.78 is 2.06. The van der Waals surface area contributed by atoms with E-state index in [4.69, 9.17) is 0 Å². The lowest BCUT2D eigenvalue weighted by Crippen LogP contribution is -2.41. The molecule has 4 rings (SSSR count). The molecule has 154 valence electrons. The van der Waals surface area contributed by atoms with Gasteiger partial charge >= 0.3 is 0 Å². The molecule has 0 atom stereocenters. The molecular formula is C24H27N4O2+. The van der Waals surface area contributed by atoms with Gasteiger partial charge in [0, 0.05) is 16.6 Å². The van der Waals surface area contributed by atoms with Crippen molar-refractivity contribution < 1.29 is 14.3 Å². The number of fused-ring (bicyclic) bond motifs is 5. The number of nitrogens with one attached hydrogen (secondary N) is 1. The molecule has 0 bridgehead atoms. The number of H-pyrrole nitrogens is 1. The lowest BCUT2D eigenvalue weighted by atomic mass is 9.95. The number of aromatic amines is 1. The molecule has 0 spiro atoms. The minimum atomic E-state index is -0.188. The molecule has 0 fully saturated rings. The number of aromatic nitrogens is 3. The van der Waals surface area contributed by atoms with Crippen LogP contribution in [0, 0.1) is 5.92 Å². The molecule has 1 aliphatic rings. The maximum atomic E-state index is 13.2. The average Bonchev–Trinajstić information content (AvgIpc) is 3.15. The summed E-state index contributed by atoms with van der Waals surface area (Å²) in [6.07, 6.45) is -0.104. The highest BCUT2D eigenvalue weighted by atomic mass is 16.2. The third-order valence-electron chi connectivity index (χ3n) is 5.57. The van der Waals surface area contributed by atoms with Crippen molar-refractivity contribution in [3.8, 4) is 22.5 Å². The largest absolute Gasteiger partial charge is 0.307 e. The van der Waals surface area contributed by atoms with Gasteiger partial charge in [-0.15, -0.1) is 0 Å². The summed E-state index contributed by atoms with van der Waals surface area (Å²) in [5, 5.41) is 7.79. The highest BCUT2D eigenvalue weighted by molar-refractivity contribution is 6.08. The van der Waals surface area contributed by atoms with Crippen LogP contribution in [0.1, 0.15) is 45.7 Å². The SMILES string of the molecule is CC(C)C(=O)CC(=O)N1Cc2ccccc2-c2c(n[nH][n+]2C(C)C)-c2ccccc21. The molecule has 0 saturated heterocycles. The topological polar surface area (TPSA) is 69.9 Å². The lowest BCUT2D eigenvalue weighted by Gasteiger charge is -2.27. The van der Waals surface area contributed by atoms with Crippen LogP contribution in [0.15, 0.2) is 48.5 Å². The third kappa shape index (κ3) is 3.43. The molecule has 1 amide bonds. The van der Waals surface area contributed by atoms with Gasteiger partial charge in [-0.05, 0) is 31.5 Å².